The molecule has 1 aliphatic carbocycles. The minimum atomic E-state index is 0.293. The van der Waals surface area contributed by atoms with Crippen molar-refractivity contribution in [2.75, 3.05) is 6.54 Å². The standard InChI is InChI=1S/C16H19NO/c1-2-12-10-16(18)17(11-12)15-9-5-7-13-6-3-4-8-14(13)15/h2-4,6,8,12,15H,1,5,7,9-11H2. The quantitative estimate of drug-likeness (QED) is 0.729. The number of benzene rings is 1. The Kier molecular flexibility index (Phi) is 2.94. The van der Waals surface area contributed by atoms with E-state index >= 15 is 0 Å². The second-order valence-electron chi connectivity index (χ2n) is 5.35. The molecule has 0 bridgehead atoms. The van der Waals surface area contributed by atoms with E-state index in [9.17, 15) is 4.79 Å². The number of fused-ring (bicyclic) bond motifs is 1. The highest BCUT2D eigenvalue weighted by Crippen LogP contribution is 2.37. The lowest BCUT2D eigenvalue weighted by atomic mass is 9.87. The highest BCUT2D eigenvalue weighted by atomic mass is 16.2. The third kappa shape index (κ3) is 1.86. The molecule has 1 heterocycles. The Morgan fingerprint density at radius 1 is 1.33 bits per heavy atom. The van der Waals surface area contributed by atoms with Crippen LogP contribution in [0.3, 0.4) is 0 Å². The van der Waals surface area contributed by atoms with Gasteiger partial charge in [0, 0.05) is 18.9 Å². The summed E-state index contributed by atoms with van der Waals surface area (Å²) in [7, 11) is 0. The molecule has 1 aliphatic heterocycles. The van der Waals surface area contributed by atoms with Crippen LogP contribution in [0.2, 0.25) is 0 Å². The summed E-state index contributed by atoms with van der Waals surface area (Å²) in [5.74, 6) is 0.633. The zero-order valence-corrected chi connectivity index (χ0v) is 10.6. The van der Waals surface area contributed by atoms with Crippen molar-refractivity contribution in [3.63, 3.8) is 0 Å². The number of nitrogens with zero attached hydrogens (tertiary/aromatic N) is 1. The Morgan fingerprint density at radius 2 is 2.17 bits per heavy atom. The number of carbonyl (C=O) groups is 1. The summed E-state index contributed by atoms with van der Waals surface area (Å²) in [5, 5.41) is 0. The SMILES string of the molecule is C=CC1CC(=O)N(C2CCCc3ccccc32)C1. The number of aryl methyl sites for hydroxylation is 1. The molecule has 0 N–H and O–H groups in total. The van der Waals surface area contributed by atoms with Gasteiger partial charge in [0.1, 0.15) is 0 Å². The summed E-state index contributed by atoms with van der Waals surface area (Å²) in [6.07, 6.45) is 6.01. The van der Waals surface area contributed by atoms with Gasteiger partial charge in [0.25, 0.3) is 0 Å². The Balaban J connectivity index is 1.90. The van der Waals surface area contributed by atoms with Crippen LogP contribution in [0, 0.1) is 5.92 Å². The van der Waals surface area contributed by atoms with Crippen molar-refractivity contribution in [2.24, 2.45) is 5.92 Å². The lowest BCUT2D eigenvalue weighted by Crippen LogP contribution is -2.32. The Morgan fingerprint density at radius 3 is 2.94 bits per heavy atom. The van der Waals surface area contributed by atoms with Gasteiger partial charge in [-0.05, 0) is 30.4 Å². The van der Waals surface area contributed by atoms with E-state index in [0.29, 0.717) is 24.3 Å². The largest absolute Gasteiger partial charge is 0.335 e. The zero-order chi connectivity index (χ0) is 12.5. The Bertz CT molecular complexity index is 480. The lowest BCUT2D eigenvalue weighted by molar-refractivity contribution is -0.130. The molecule has 2 nitrogen and oxygen atoms in total. The maximum atomic E-state index is 12.1. The molecule has 2 heteroatoms. The Hall–Kier alpha value is -1.57. The minimum Gasteiger partial charge on any atom is -0.335 e. The van der Waals surface area contributed by atoms with Crippen molar-refractivity contribution in [3.05, 3.63) is 48.0 Å². The summed E-state index contributed by atoms with van der Waals surface area (Å²) < 4.78 is 0. The highest BCUT2D eigenvalue weighted by Gasteiger charge is 2.35. The van der Waals surface area contributed by atoms with E-state index in [-0.39, 0.29) is 0 Å². The maximum Gasteiger partial charge on any atom is 0.223 e. The predicted molar refractivity (Wildman–Crippen MR) is 72.1 cm³/mol. The summed E-state index contributed by atoms with van der Waals surface area (Å²) in [4.78, 5) is 14.2. The molecule has 1 aromatic carbocycles. The van der Waals surface area contributed by atoms with Crippen LogP contribution >= 0.6 is 0 Å². The van der Waals surface area contributed by atoms with Gasteiger partial charge in [-0.2, -0.15) is 0 Å². The van der Waals surface area contributed by atoms with E-state index in [4.69, 9.17) is 0 Å². The number of amides is 1. The average Bonchev–Trinajstić information content (AvgIpc) is 2.79. The molecular weight excluding hydrogens is 222 g/mol. The van der Waals surface area contributed by atoms with Crippen molar-refractivity contribution in [1.29, 1.82) is 0 Å². The van der Waals surface area contributed by atoms with E-state index in [2.05, 4.69) is 35.7 Å². The van der Waals surface area contributed by atoms with Crippen LogP contribution in [-0.2, 0) is 11.2 Å². The molecule has 94 valence electrons. The van der Waals surface area contributed by atoms with Crippen LogP contribution in [0.4, 0.5) is 0 Å². The van der Waals surface area contributed by atoms with E-state index in [1.54, 1.807) is 0 Å². The molecule has 1 saturated heterocycles. The first-order valence-electron chi connectivity index (χ1n) is 6.79. The summed E-state index contributed by atoms with van der Waals surface area (Å²) >= 11 is 0. The molecular formula is C16H19NO. The molecule has 0 aromatic heterocycles. The predicted octanol–water partition coefficient (Wildman–Crippen LogP) is 3.10. The van der Waals surface area contributed by atoms with Gasteiger partial charge in [-0.25, -0.2) is 0 Å². The molecule has 1 fully saturated rings. The molecule has 2 atom stereocenters. The third-order valence-corrected chi connectivity index (χ3v) is 4.24. The van der Waals surface area contributed by atoms with Gasteiger partial charge in [0.15, 0.2) is 0 Å². The topological polar surface area (TPSA) is 20.3 Å². The van der Waals surface area contributed by atoms with Crippen LogP contribution in [0.5, 0.6) is 0 Å². The van der Waals surface area contributed by atoms with Crippen molar-refractivity contribution >= 4 is 5.91 Å². The number of rotatable bonds is 2. The van der Waals surface area contributed by atoms with Crippen molar-refractivity contribution in [1.82, 2.24) is 4.90 Å². The second kappa shape index (κ2) is 4.60. The number of hydrogen-bond acceptors (Lipinski definition) is 1. The maximum absolute atomic E-state index is 12.1. The fourth-order valence-electron chi connectivity index (χ4n) is 3.27. The lowest BCUT2D eigenvalue weighted by Gasteiger charge is -2.33. The van der Waals surface area contributed by atoms with Crippen molar-refractivity contribution < 1.29 is 4.79 Å². The van der Waals surface area contributed by atoms with E-state index in [1.807, 2.05) is 6.08 Å². The average molecular weight is 241 g/mol. The van der Waals surface area contributed by atoms with Crippen LogP contribution in [-0.4, -0.2) is 17.4 Å². The van der Waals surface area contributed by atoms with Crippen LogP contribution < -0.4 is 0 Å². The van der Waals surface area contributed by atoms with Crippen LogP contribution in [0.15, 0.2) is 36.9 Å². The molecule has 0 radical (unpaired) electrons. The second-order valence-corrected chi connectivity index (χ2v) is 5.35. The van der Waals surface area contributed by atoms with Crippen molar-refractivity contribution in [2.45, 2.75) is 31.7 Å². The van der Waals surface area contributed by atoms with Gasteiger partial charge in [0.2, 0.25) is 5.91 Å². The van der Waals surface area contributed by atoms with Crippen molar-refractivity contribution in [3.8, 4) is 0 Å². The monoisotopic (exact) mass is 241 g/mol. The number of hydrogen-bond donors (Lipinski definition) is 0. The first-order chi connectivity index (χ1) is 8.79. The molecule has 2 unspecified atom stereocenters. The number of likely N-dealkylation sites (tertiary alicyclic amines) is 1. The van der Waals surface area contributed by atoms with Crippen LogP contribution in [0.25, 0.3) is 0 Å². The van der Waals surface area contributed by atoms with E-state index in [1.165, 1.54) is 17.5 Å². The minimum absolute atomic E-state index is 0.293. The fraction of sp³-hybridized carbons (Fsp3) is 0.438. The molecule has 1 aromatic rings. The molecule has 18 heavy (non-hydrogen) atoms. The summed E-state index contributed by atoms with van der Waals surface area (Å²) in [5.41, 5.74) is 2.78. The van der Waals surface area contributed by atoms with Gasteiger partial charge < -0.3 is 4.90 Å². The smallest absolute Gasteiger partial charge is 0.223 e. The normalized spacial score (nSPS) is 27.1. The molecule has 0 saturated carbocycles. The molecule has 1 amide bonds. The first-order valence-corrected chi connectivity index (χ1v) is 6.79. The summed E-state index contributed by atoms with van der Waals surface area (Å²) in [6, 6.07) is 8.87. The Labute approximate surface area is 108 Å². The molecule has 0 spiro atoms. The van der Waals surface area contributed by atoms with Crippen LogP contribution in [0.1, 0.15) is 36.4 Å². The first kappa shape index (κ1) is 11.5. The van der Waals surface area contributed by atoms with Gasteiger partial charge in [-0.3, -0.25) is 4.79 Å². The van der Waals surface area contributed by atoms with Gasteiger partial charge >= 0.3 is 0 Å². The highest BCUT2D eigenvalue weighted by molar-refractivity contribution is 5.79. The van der Waals surface area contributed by atoms with E-state index < -0.39 is 0 Å². The zero-order valence-electron chi connectivity index (χ0n) is 10.6. The number of carbonyl (C=O) groups excluding carboxylic acids is 1. The molecule has 2 aliphatic rings. The fourth-order valence-corrected chi connectivity index (χ4v) is 3.27. The molecule has 3 rings (SSSR count). The van der Waals surface area contributed by atoms with Gasteiger partial charge in [-0.15, -0.1) is 6.58 Å². The third-order valence-electron chi connectivity index (χ3n) is 4.24. The van der Waals surface area contributed by atoms with Gasteiger partial charge in [-0.1, -0.05) is 30.3 Å². The van der Waals surface area contributed by atoms with Gasteiger partial charge in [0.05, 0.1) is 6.04 Å². The van der Waals surface area contributed by atoms with E-state index in [0.717, 1.165) is 19.4 Å². The summed E-state index contributed by atoms with van der Waals surface area (Å²) in [6.45, 7) is 4.67.